The fraction of sp³-hybridized carbons (Fsp3) is 0.467. The van der Waals surface area contributed by atoms with Crippen molar-refractivity contribution in [2.45, 2.75) is 32.0 Å². The van der Waals surface area contributed by atoms with E-state index < -0.39 is 0 Å². The number of imide groups is 1. The van der Waals surface area contributed by atoms with Gasteiger partial charge in [0.05, 0.1) is 12.6 Å². The van der Waals surface area contributed by atoms with Crippen molar-refractivity contribution in [1.82, 2.24) is 10.2 Å². The highest BCUT2D eigenvalue weighted by Crippen LogP contribution is 2.32. The minimum atomic E-state index is -0.235. The second-order valence-corrected chi connectivity index (χ2v) is 5.47. The normalized spacial score (nSPS) is 22.0. The summed E-state index contributed by atoms with van der Waals surface area (Å²) in [5.74, 6) is -0.373. The average Bonchev–Trinajstić information content (AvgIpc) is 2.89. The quantitative estimate of drug-likeness (QED) is 0.690. The zero-order chi connectivity index (χ0) is 14.8. The lowest BCUT2D eigenvalue weighted by atomic mass is 10.0. The van der Waals surface area contributed by atoms with Crippen LogP contribution in [-0.4, -0.2) is 41.0 Å². The van der Waals surface area contributed by atoms with E-state index in [2.05, 4.69) is 21.6 Å². The molecular formula is C15H19N3O3. The number of piperidine rings is 1. The maximum Gasteiger partial charge on any atom is 0.243 e. The van der Waals surface area contributed by atoms with Crippen molar-refractivity contribution in [3.63, 3.8) is 0 Å². The van der Waals surface area contributed by atoms with Crippen molar-refractivity contribution in [2.24, 2.45) is 0 Å². The van der Waals surface area contributed by atoms with Crippen LogP contribution in [0.15, 0.2) is 18.2 Å². The number of benzene rings is 1. The molecule has 0 spiro atoms. The molecule has 6 heteroatoms. The van der Waals surface area contributed by atoms with Gasteiger partial charge in [0, 0.05) is 31.7 Å². The molecule has 6 nitrogen and oxygen atoms in total. The topological polar surface area (TPSA) is 81.7 Å². The van der Waals surface area contributed by atoms with Crippen molar-refractivity contribution in [2.75, 3.05) is 18.5 Å². The van der Waals surface area contributed by atoms with Crippen LogP contribution in [-0.2, 0) is 22.7 Å². The summed E-state index contributed by atoms with van der Waals surface area (Å²) in [6, 6.07) is 5.79. The third-order valence-electron chi connectivity index (χ3n) is 4.09. The Morgan fingerprint density at radius 2 is 2.19 bits per heavy atom. The number of carbonyl (C=O) groups excluding carboxylic acids is 2. The zero-order valence-electron chi connectivity index (χ0n) is 11.8. The number of nitrogens with one attached hydrogen (secondary N) is 2. The van der Waals surface area contributed by atoms with Gasteiger partial charge < -0.3 is 10.4 Å². The first-order valence-electron chi connectivity index (χ1n) is 7.22. The van der Waals surface area contributed by atoms with E-state index in [0.29, 0.717) is 25.9 Å². The summed E-state index contributed by atoms with van der Waals surface area (Å²) in [5.41, 5.74) is 3.38. The van der Waals surface area contributed by atoms with E-state index in [4.69, 9.17) is 5.11 Å². The minimum Gasteiger partial charge on any atom is -0.395 e. The lowest BCUT2D eigenvalue weighted by Crippen LogP contribution is -2.50. The number of carbonyl (C=O) groups is 2. The van der Waals surface area contributed by atoms with Crippen molar-refractivity contribution in [3.8, 4) is 0 Å². The Kier molecular flexibility index (Phi) is 3.90. The molecule has 1 saturated heterocycles. The van der Waals surface area contributed by atoms with Crippen molar-refractivity contribution in [3.05, 3.63) is 29.3 Å². The SMILES string of the molecule is O=C1CCC(N2Cc3cccc(NCCO)c3C2)C(=O)N1. The van der Waals surface area contributed by atoms with Gasteiger partial charge >= 0.3 is 0 Å². The summed E-state index contributed by atoms with van der Waals surface area (Å²) >= 11 is 0. The molecule has 0 bridgehead atoms. The van der Waals surface area contributed by atoms with Gasteiger partial charge in [-0.2, -0.15) is 0 Å². The van der Waals surface area contributed by atoms with E-state index in [1.807, 2.05) is 12.1 Å². The van der Waals surface area contributed by atoms with Crippen LogP contribution in [0.25, 0.3) is 0 Å². The van der Waals surface area contributed by atoms with Crippen LogP contribution in [0.2, 0.25) is 0 Å². The van der Waals surface area contributed by atoms with Crippen molar-refractivity contribution in [1.29, 1.82) is 0 Å². The number of aliphatic hydroxyl groups excluding tert-OH is 1. The highest BCUT2D eigenvalue weighted by Gasteiger charge is 2.35. The van der Waals surface area contributed by atoms with Crippen LogP contribution >= 0.6 is 0 Å². The largest absolute Gasteiger partial charge is 0.395 e. The Morgan fingerprint density at radius 1 is 1.33 bits per heavy atom. The fourth-order valence-electron chi connectivity index (χ4n) is 3.05. The first kappa shape index (κ1) is 14.0. The molecule has 2 aliphatic rings. The van der Waals surface area contributed by atoms with E-state index in [9.17, 15) is 9.59 Å². The molecule has 1 atom stereocenters. The summed E-state index contributed by atoms with van der Waals surface area (Å²) in [6.07, 6.45) is 0.983. The monoisotopic (exact) mass is 289 g/mol. The molecule has 2 aliphatic heterocycles. The first-order valence-corrected chi connectivity index (χ1v) is 7.22. The molecule has 2 amide bonds. The van der Waals surface area contributed by atoms with Gasteiger partial charge in [-0.25, -0.2) is 0 Å². The van der Waals surface area contributed by atoms with Gasteiger partial charge in [0.15, 0.2) is 0 Å². The minimum absolute atomic E-state index is 0.0839. The molecule has 112 valence electrons. The van der Waals surface area contributed by atoms with Crippen LogP contribution in [0, 0.1) is 0 Å². The van der Waals surface area contributed by atoms with Crippen molar-refractivity contribution < 1.29 is 14.7 Å². The van der Waals surface area contributed by atoms with E-state index in [1.54, 1.807) is 0 Å². The molecular weight excluding hydrogens is 270 g/mol. The number of fused-ring (bicyclic) bond motifs is 1. The number of anilines is 1. The standard InChI is InChI=1S/C15H19N3O3/c19-7-6-16-12-3-1-2-10-8-18(9-11(10)12)13-4-5-14(20)17-15(13)21/h1-3,13,16,19H,4-9H2,(H,17,20,21). The summed E-state index contributed by atoms with van der Waals surface area (Å²) < 4.78 is 0. The van der Waals surface area contributed by atoms with Crippen LogP contribution in [0.5, 0.6) is 0 Å². The molecule has 1 fully saturated rings. The van der Waals surface area contributed by atoms with Crippen LogP contribution in [0.4, 0.5) is 5.69 Å². The number of rotatable bonds is 4. The molecule has 0 aromatic heterocycles. The van der Waals surface area contributed by atoms with Gasteiger partial charge in [-0.3, -0.25) is 19.8 Å². The number of nitrogens with zero attached hydrogens (tertiary/aromatic N) is 1. The second-order valence-electron chi connectivity index (χ2n) is 5.47. The predicted octanol–water partition coefficient (Wildman–Crippen LogP) is 0.212. The lowest BCUT2D eigenvalue weighted by molar-refractivity contribution is -0.137. The van der Waals surface area contributed by atoms with Crippen LogP contribution in [0.1, 0.15) is 24.0 Å². The van der Waals surface area contributed by atoms with E-state index in [-0.39, 0.29) is 24.5 Å². The molecule has 1 unspecified atom stereocenters. The Bertz CT molecular complexity index is 573. The van der Waals surface area contributed by atoms with Gasteiger partial charge in [-0.1, -0.05) is 12.1 Å². The summed E-state index contributed by atoms with van der Waals surface area (Å²) in [6.45, 7) is 2.00. The maximum atomic E-state index is 12.0. The first-order chi connectivity index (χ1) is 10.2. The van der Waals surface area contributed by atoms with Crippen molar-refractivity contribution >= 4 is 17.5 Å². The zero-order valence-corrected chi connectivity index (χ0v) is 11.8. The molecule has 0 radical (unpaired) electrons. The predicted molar refractivity (Wildman–Crippen MR) is 77.4 cm³/mol. The van der Waals surface area contributed by atoms with Gasteiger partial charge in [0.1, 0.15) is 0 Å². The number of amides is 2. The molecule has 1 aromatic carbocycles. The van der Waals surface area contributed by atoms with Gasteiger partial charge in [-0.15, -0.1) is 0 Å². The highest BCUT2D eigenvalue weighted by molar-refractivity contribution is 6.00. The number of aliphatic hydroxyl groups is 1. The molecule has 1 aromatic rings. The smallest absolute Gasteiger partial charge is 0.243 e. The third-order valence-corrected chi connectivity index (χ3v) is 4.09. The molecule has 3 N–H and O–H groups in total. The van der Waals surface area contributed by atoms with Gasteiger partial charge in [0.25, 0.3) is 0 Å². The Labute approximate surface area is 123 Å². The van der Waals surface area contributed by atoms with Gasteiger partial charge in [0.2, 0.25) is 11.8 Å². The number of hydrogen-bond donors (Lipinski definition) is 3. The second kappa shape index (κ2) is 5.83. The lowest BCUT2D eigenvalue weighted by Gasteiger charge is -2.29. The molecule has 2 heterocycles. The molecule has 0 aliphatic carbocycles. The van der Waals surface area contributed by atoms with E-state index in [1.165, 1.54) is 11.1 Å². The molecule has 0 saturated carbocycles. The maximum absolute atomic E-state index is 12.0. The molecule has 21 heavy (non-hydrogen) atoms. The summed E-state index contributed by atoms with van der Waals surface area (Å²) in [4.78, 5) is 25.3. The van der Waals surface area contributed by atoms with E-state index >= 15 is 0 Å². The number of hydrogen-bond acceptors (Lipinski definition) is 5. The van der Waals surface area contributed by atoms with E-state index in [0.717, 1.165) is 12.2 Å². The Morgan fingerprint density at radius 3 is 2.95 bits per heavy atom. The summed E-state index contributed by atoms with van der Waals surface area (Å²) in [7, 11) is 0. The van der Waals surface area contributed by atoms with Crippen LogP contribution in [0.3, 0.4) is 0 Å². The Balaban J connectivity index is 1.75. The molecule has 3 rings (SSSR count). The third kappa shape index (κ3) is 2.77. The Hall–Kier alpha value is -1.92. The highest BCUT2D eigenvalue weighted by atomic mass is 16.3. The fourth-order valence-corrected chi connectivity index (χ4v) is 3.05. The average molecular weight is 289 g/mol. The van der Waals surface area contributed by atoms with Gasteiger partial charge in [-0.05, 0) is 23.6 Å². The summed E-state index contributed by atoms with van der Waals surface area (Å²) in [5, 5.41) is 14.6. The van der Waals surface area contributed by atoms with Crippen LogP contribution < -0.4 is 10.6 Å².